The first kappa shape index (κ1) is 6.28. The number of halogens is 1. The Morgan fingerprint density at radius 1 is 2.00 bits per heavy atom. The van der Waals surface area contributed by atoms with E-state index in [1.165, 1.54) is 0 Å². The molecule has 0 saturated heterocycles. The van der Waals surface area contributed by atoms with E-state index in [9.17, 15) is 4.57 Å². The molecule has 0 saturated carbocycles. The highest BCUT2D eigenvalue weighted by Crippen LogP contribution is 1.85. The van der Waals surface area contributed by atoms with Crippen molar-refractivity contribution in [3.05, 3.63) is 0 Å². The average molecular weight is 142 g/mol. The Morgan fingerprint density at radius 2 is 2.50 bits per heavy atom. The van der Waals surface area contributed by atoms with Gasteiger partial charge < -0.3 is 0 Å². The van der Waals surface area contributed by atoms with E-state index < -0.39 is 0 Å². The van der Waals surface area contributed by atoms with Gasteiger partial charge in [0, 0.05) is 0 Å². The van der Waals surface area contributed by atoms with Crippen LogP contribution < -0.4 is 5.09 Å². The summed E-state index contributed by atoms with van der Waals surface area (Å²) in [7, 11) is -0.249. The predicted molar refractivity (Wildman–Crippen MR) is 29.2 cm³/mol. The first-order valence-corrected chi connectivity index (χ1v) is 2.65. The number of rotatable bonds is 1. The van der Waals surface area contributed by atoms with E-state index in [0.29, 0.717) is 0 Å². The molecule has 0 rings (SSSR count). The first-order valence-electron chi connectivity index (χ1n) is 1.05. The van der Waals surface area contributed by atoms with Crippen LogP contribution in [0.15, 0.2) is 0 Å². The summed E-state index contributed by atoms with van der Waals surface area (Å²) in [6.07, 6.45) is 0. The van der Waals surface area contributed by atoms with Gasteiger partial charge in [-0.2, -0.15) is 0 Å². The van der Waals surface area contributed by atoms with Crippen molar-refractivity contribution in [3.8, 4) is 0 Å². The summed E-state index contributed by atoms with van der Waals surface area (Å²) in [4.78, 5) is 0. The fourth-order valence-corrected chi connectivity index (χ4v) is 0.323. The molecule has 0 aromatic heterocycles. The predicted octanol–water partition coefficient (Wildman–Crippen LogP) is 1.31. The van der Waals surface area contributed by atoms with E-state index in [1.807, 2.05) is 0 Å². The monoisotopic (exact) mass is 141 g/mol. The fourth-order valence-electron chi connectivity index (χ4n) is 0.0359. The molecule has 0 aromatic carbocycles. The molecule has 6 heavy (non-hydrogen) atoms. The molecule has 0 aliphatic heterocycles. The van der Waals surface area contributed by atoms with Crippen molar-refractivity contribution in [2.45, 2.75) is 0 Å². The maximum absolute atomic E-state index is 9.43. The third-order valence-electron chi connectivity index (χ3n) is 0.134. The molecule has 0 heterocycles. The van der Waals surface area contributed by atoms with Crippen molar-refractivity contribution in [2.75, 3.05) is 0 Å². The third kappa shape index (κ3) is 4.28. The molecule has 0 fully saturated rings. The Balaban J connectivity index is 3.05. The van der Waals surface area contributed by atoms with Gasteiger partial charge in [0.1, 0.15) is 0 Å². The van der Waals surface area contributed by atoms with E-state index in [2.05, 4.69) is 17.3 Å². The topological polar surface area (TPSA) is 29.1 Å². The lowest BCUT2D eigenvalue weighted by Crippen LogP contribution is -1.98. The van der Waals surface area contributed by atoms with Crippen LogP contribution in [0.5, 0.6) is 0 Å². The fraction of sp³-hybridized carbons (Fsp3) is 0. The number of hydrogen-bond donors (Lipinski definition) is 1. The number of hydrogen-bond acceptors (Lipinski definition) is 2. The van der Waals surface area contributed by atoms with Gasteiger partial charge in [0.2, 0.25) is 0 Å². The summed E-state index contributed by atoms with van der Waals surface area (Å²) in [5, 5.41) is 2.12. The Morgan fingerprint density at radius 3 is 2.50 bits per heavy atom. The van der Waals surface area contributed by atoms with E-state index in [4.69, 9.17) is 11.6 Å². The van der Waals surface area contributed by atoms with Crippen LogP contribution in [-0.2, 0) is 4.57 Å². The summed E-state index contributed by atoms with van der Waals surface area (Å²) in [6, 6.07) is 0. The smallest absolute Gasteiger partial charge is 0.280 e. The van der Waals surface area contributed by atoms with E-state index >= 15 is 0 Å². The minimum Gasteiger partial charge on any atom is -0.286 e. The lowest BCUT2D eigenvalue weighted by atomic mass is 11.5. The SMILES string of the molecule is O=PNC(=S)Cl. The molecule has 0 aliphatic carbocycles. The van der Waals surface area contributed by atoms with Crippen LogP contribution >= 0.6 is 32.4 Å². The van der Waals surface area contributed by atoms with Gasteiger partial charge in [-0.05, 0) is 12.2 Å². The minimum atomic E-state index is -0.249. The zero-order chi connectivity index (χ0) is 4.99. The molecule has 0 radical (unpaired) electrons. The molecule has 1 N–H and O–H groups in total. The molecular weight excluding hydrogens is 141 g/mol. The minimum absolute atomic E-state index is 0.0201. The summed E-state index contributed by atoms with van der Waals surface area (Å²) >= 11 is 9.23. The van der Waals surface area contributed by atoms with Gasteiger partial charge in [-0.1, -0.05) is 11.6 Å². The number of thiocarbonyl (C=S) groups is 1. The zero-order valence-electron chi connectivity index (χ0n) is 2.64. The molecule has 0 unspecified atom stereocenters. The molecule has 5 heteroatoms. The molecule has 0 amide bonds. The maximum Gasteiger partial charge on any atom is 0.280 e. The van der Waals surface area contributed by atoms with Crippen LogP contribution in [0, 0.1) is 0 Å². The van der Waals surface area contributed by atoms with Crippen molar-refractivity contribution in [1.82, 2.24) is 5.09 Å². The van der Waals surface area contributed by atoms with Gasteiger partial charge in [-0.15, -0.1) is 0 Å². The van der Waals surface area contributed by atoms with Gasteiger partial charge >= 0.3 is 0 Å². The second-order valence-corrected chi connectivity index (χ2v) is 1.89. The quantitative estimate of drug-likeness (QED) is 0.258. The van der Waals surface area contributed by atoms with E-state index in [-0.39, 0.29) is 13.1 Å². The molecule has 0 spiro atoms. The van der Waals surface area contributed by atoms with Crippen molar-refractivity contribution in [2.24, 2.45) is 0 Å². The number of nitrogens with one attached hydrogen (secondary N) is 1. The molecule has 0 aliphatic rings. The highest BCUT2D eigenvalue weighted by molar-refractivity contribution is 7.83. The maximum atomic E-state index is 9.43. The third-order valence-corrected chi connectivity index (χ3v) is 0.928. The van der Waals surface area contributed by atoms with Gasteiger partial charge in [-0.25, -0.2) is 4.57 Å². The Bertz CT molecular complexity index is 75.9. The van der Waals surface area contributed by atoms with E-state index in [0.717, 1.165) is 0 Å². The summed E-state index contributed by atoms with van der Waals surface area (Å²) in [6.45, 7) is 0. The van der Waals surface area contributed by atoms with Gasteiger partial charge in [-0.3, -0.25) is 5.09 Å². The molecule has 0 aromatic rings. The van der Waals surface area contributed by atoms with Crippen molar-refractivity contribution >= 4 is 36.9 Å². The second-order valence-electron chi connectivity index (χ2n) is 0.477. The highest BCUT2D eigenvalue weighted by Gasteiger charge is 1.78. The van der Waals surface area contributed by atoms with Crippen LogP contribution in [0.1, 0.15) is 0 Å². The molecule has 2 nitrogen and oxygen atoms in total. The highest BCUT2D eigenvalue weighted by atomic mass is 35.5. The lowest BCUT2D eigenvalue weighted by molar-refractivity contribution is 0.597. The summed E-state index contributed by atoms with van der Waals surface area (Å²) in [5.74, 6) is 0. The molecule has 34 valence electrons. The van der Waals surface area contributed by atoms with Gasteiger partial charge in [0.15, 0.2) is 4.45 Å². The van der Waals surface area contributed by atoms with Crippen molar-refractivity contribution < 1.29 is 4.57 Å². The van der Waals surface area contributed by atoms with Crippen molar-refractivity contribution in [3.63, 3.8) is 0 Å². The van der Waals surface area contributed by atoms with E-state index in [1.54, 1.807) is 0 Å². The van der Waals surface area contributed by atoms with Gasteiger partial charge in [0.25, 0.3) is 8.61 Å². The standard InChI is InChI=1S/CHClNOPS/c2-1(6)3-5-4/h(H,3,4,6). The van der Waals surface area contributed by atoms with Crippen LogP contribution in [-0.4, -0.2) is 4.45 Å². The summed E-state index contributed by atoms with van der Waals surface area (Å²) < 4.78 is 9.45. The second kappa shape index (κ2) is 3.47. The van der Waals surface area contributed by atoms with Crippen LogP contribution in [0.25, 0.3) is 0 Å². The molecule has 0 bridgehead atoms. The first-order chi connectivity index (χ1) is 2.77. The summed E-state index contributed by atoms with van der Waals surface area (Å²) in [5.41, 5.74) is 0. The largest absolute Gasteiger partial charge is 0.286 e. The Hall–Kier alpha value is 0.280. The average Bonchev–Trinajstić information content (AvgIpc) is 1.35. The molecule has 0 atom stereocenters. The van der Waals surface area contributed by atoms with Crippen LogP contribution in [0.3, 0.4) is 0 Å². The van der Waals surface area contributed by atoms with Crippen LogP contribution in [0.4, 0.5) is 0 Å². The lowest BCUT2D eigenvalue weighted by Gasteiger charge is -1.78. The Labute approximate surface area is 47.1 Å². The van der Waals surface area contributed by atoms with Crippen molar-refractivity contribution in [1.29, 1.82) is 0 Å². The van der Waals surface area contributed by atoms with Crippen LogP contribution in [0.2, 0.25) is 0 Å². The van der Waals surface area contributed by atoms with Gasteiger partial charge in [0.05, 0.1) is 0 Å². The normalized spacial score (nSPS) is 8.17. The molecular formula is CHClNOPS. The zero-order valence-corrected chi connectivity index (χ0v) is 5.11. The Kier molecular flexibility index (Phi) is 3.63.